The number of nitrogens with one attached hydrogen (secondary N) is 1. The summed E-state index contributed by atoms with van der Waals surface area (Å²) < 4.78 is 36.4. The first kappa shape index (κ1) is 19.0. The van der Waals surface area contributed by atoms with Crippen LogP contribution >= 0.6 is 0 Å². The maximum absolute atomic E-state index is 12.1. The van der Waals surface area contributed by atoms with Crippen LogP contribution in [0.3, 0.4) is 0 Å². The summed E-state index contributed by atoms with van der Waals surface area (Å²) in [7, 11) is 1.41. The predicted molar refractivity (Wildman–Crippen MR) is 77.5 cm³/mol. The molecule has 0 aromatic heterocycles. The average molecular weight is 325 g/mol. The van der Waals surface area contributed by atoms with E-state index in [1.165, 1.54) is 11.9 Å². The van der Waals surface area contributed by atoms with Gasteiger partial charge in [-0.2, -0.15) is 13.2 Å². The highest BCUT2D eigenvalue weighted by Crippen LogP contribution is 2.20. The minimum atomic E-state index is -4.19. The number of hydrogen-bond donors (Lipinski definition) is 2. The fourth-order valence-corrected chi connectivity index (χ4v) is 2.63. The van der Waals surface area contributed by atoms with E-state index in [0.29, 0.717) is 26.1 Å². The van der Waals surface area contributed by atoms with Crippen molar-refractivity contribution in [2.24, 2.45) is 5.92 Å². The number of halogens is 3. The number of nitrogens with zero attached hydrogens (tertiary/aromatic N) is 2. The van der Waals surface area contributed by atoms with Crippen LogP contribution in [0.2, 0.25) is 0 Å². The van der Waals surface area contributed by atoms with Gasteiger partial charge in [-0.3, -0.25) is 4.90 Å². The second-order valence-electron chi connectivity index (χ2n) is 6.00. The van der Waals surface area contributed by atoms with Crippen LogP contribution in [0.1, 0.15) is 26.2 Å². The molecule has 0 aromatic rings. The van der Waals surface area contributed by atoms with E-state index >= 15 is 0 Å². The molecule has 1 heterocycles. The summed E-state index contributed by atoms with van der Waals surface area (Å²) >= 11 is 0. The Morgan fingerprint density at radius 2 is 2.00 bits per heavy atom. The molecular weight excluding hydrogens is 299 g/mol. The van der Waals surface area contributed by atoms with E-state index in [4.69, 9.17) is 0 Å². The van der Waals surface area contributed by atoms with E-state index in [1.807, 2.05) is 0 Å². The SMILES string of the molecule is CC(O)C1CCN(C(=O)NCCCN(C)CC(F)(F)F)CC1. The van der Waals surface area contributed by atoms with E-state index in [2.05, 4.69) is 5.32 Å². The van der Waals surface area contributed by atoms with Gasteiger partial charge in [-0.05, 0) is 45.7 Å². The number of alkyl halides is 3. The lowest BCUT2D eigenvalue weighted by Gasteiger charge is -2.33. The van der Waals surface area contributed by atoms with Gasteiger partial charge in [0, 0.05) is 19.6 Å². The molecule has 0 saturated carbocycles. The van der Waals surface area contributed by atoms with Crippen LogP contribution in [0.5, 0.6) is 0 Å². The lowest BCUT2D eigenvalue weighted by molar-refractivity contribution is -0.143. The lowest BCUT2D eigenvalue weighted by atomic mass is 9.92. The van der Waals surface area contributed by atoms with Crippen molar-refractivity contribution < 1.29 is 23.1 Å². The molecule has 1 fully saturated rings. The molecule has 2 N–H and O–H groups in total. The molecule has 1 unspecified atom stereocenters. The summed E-state index contributed by atoms with van der Waals surface area (Å²) in [6.07, 6.45) is -2.51. The first-order chi connectivity index (χ1) is 10.2. The summed E-state index contributed by atoms with van der Waals surface area (Å²) in [5.41, 5.74) is 0. The standard InChI is InChI=1S/C14H26F3N3O2/c1-11(21)12-4-8-20(9-5-12)13(22)18-6-3-7-19(2)10-14(15,16)17/h11-12,21H,3-10H2,1-2H3,(H,18,22). The highest BCUT2D eigenvalue weighted by Gasteiger charge is 2.29. The number of urea groups is 1. The molecule has 1 rings (SSSR count). The predicted octanol–water partition coefficient (Wildman–Crippen LogP) is 1.67. The Bertz CT molecular complexity index is 343. The Labute approximate surface area is 129 Å². The molecule has 0 bridgehead atoms. The third-order valence-electron chi connectivity index (χ3n) is 3.95. The van der Waals surface area contributed by atoms with E-state index in [1.54, 1.807) is 11.8 Å². The third kappa shape index (κ3) is 7.31. The molecule has 1 saturated heterocycles. The molecule has 22 heavy (non-hydrogen) atoms. The van der Waals surface area contributed by atoms with Crippen molar-refractivity contribution in [3.05, 3.63) is 0 Å². The smallest absolute Gasteiger partial charge is 0.393 e. The van der Waals surface area contributed by atoms with Gasteiger partial charge in [0.1, 0.15) is 0 Å². The van der Waals surface area contributed by atoms with Gasteiger partial charge >= 0.3 is 12.2 Å². The van der Waals surface area contributed by atoms with Gasteiger partial charge < -0.3 is 15.3 Å². The molecule has 0 aliphatic carbocycles. The number of likely N-dealkylation sites (tertiary alicyclic amines) is 1. The van der Waals surface area contributed by atoms with Gasteiger partial charge in [-0.1, -0.05) is 0 Å². The second kappa shape index (κ2) is 8.57. The first-order valence-electron chi connectivity index (χ1n) is 7.65. The number of hydrogen-bond acceptors (Lipinski definition) is 3. The van der Waals surface area contributed by atoms with Crippen LogP contribution < -0.4 is 5.32 Å². The number of amides is 2. The summed E-state index contributed by atoms with van der Waals surface area (Å²) in [4.78, 5) is 14.8. The zero-order valence-corrected chi connectivity index (χ0v) is 13.2. The molecule has 8 heteroatoms. The number of piperidine rings is 1. The molecule has 0 aromatic carbocycles. The van der Waals surface area contributed by atoms with Crippen LogP contribution in [-0.4, -0.2) is 73.0 Å². The maximum Gasteiger partial charge on any atom is 0.401 e. The van der Waals surface area contributed by atoms with Gasteiger partial charge in [0.15, 0.2) is 0 Å². The molecule has 1 aliphatic heterocycles. The summed E-state index contributed by atoms with van der Waals surface area (Å²) in [6.45, 7) is 2.68. The Morgan fingerprint density at radius 3 is 2.50 bits per heavy atom. The van der Waals surface area contributed by atoms with Crippen LogP contribution in [0.25, 0.3) is 0 Å². The van der Waals surface area contributed by atoms with Crippen LogP contribution in [0, 0.1) is 5.92 Å². The molecule has 130 valence electrons. The number of carbonyl (C=O) groups is 1. The molecule has 0 spiro atoms. The summed E-state index contributed by atoms with van der Waals surface area (Å²) in [5.74, 6) is 0.236. The van der Waals surface area contributed by atoms with Crippen molar-refractivity contribution in [3.63, 3.8) is 0 Å². The Kier molecular flexibility index (Phi) is 7.41. The van der Waals surface area contributed by atoms with Gasteiger partial charge in [0.05, 0.1) is 12.6 Å². The highest BCUT2D eigenvalue weighted by molar-refractivity contribution is 5.74. The number of aliphatic hydroxyl groups is 1. The molecule has 0 radical (unpaired) electrons. The Hall–Kier alpha value is -1.02. The normalized spacial score (nSPS) is 18.6. The molecule has 2 amide bonds. The van der Waals surface area contributed by atoms with Crippen LogP contribution in [0.15, 0.2) is 0 Å². The zero-order valence-electron chi connectivity index (χ0n) is 13.2. The monoisotopic (exact) mass is 325 g/mol. The van der Waals surface area contributed by atoms with Crippen molar-refractivity contribution in [1.29, 1.82) is 0 Å². The first-order valence-corrected chi connectivity index (χ1v) is 7.65. The maximum atomic E-state index is 12.1. The van der Waals surface area contributed by atoms with Gasteiger partial charge in [-0.25, -0.2) is 4.79 Å². The summed E-state index contributed by atoms with van der Waals surface area (Å²) in [5, 5.41) is 12.2. The van der Waals surface area contributed by atoms with Gasteiger partial charge in [0.2, 0.25) is 0 Å². The molecule has 1 aliphatic rings. The average Bonchev–Trinajstić information content (AvgIpc) is 2.41. The highest BCUT2D eigenvalue weighted by atomic mass is 19.4. The van der Waals surface area contributed by atoms with Crippen molar-refractivity contribution in [1.82, 2.24) is 15.1 Å². The fourth-order valence-electron chi connectivity index (χ4n) is 2.63. The topological polar surface area (TPSA) is 55.8 Å². The molecular formula is C14H26F3N3O2. The third-order valence-corrected chi connectivity index (χ3v) is 3.95. The van der Waals surface area contributed by atoms with E-state index in [9.17, 15) is 23.1 Å². The second-order valence-corrected chi connectivity index (χ2v) is 6.00. The minimum absolute atomic E-state index is 0.178. The van der Waals surface area contributed by atoms with Crippen molar-refractivity contribution in [2.45, 2.75) is 38.5 Å². The van der Waals surface area contributed by atoms with Crippen molar-refractivity contribution in [2.75, 3.05) is 39.8 Å². The minimum Gasteiger partial charge on any atom is -0.393 e. The van der Waals surface area contributed by atoms with Gasteiger partial charge in [-0.15, -0.1) is 0 Å². The zero-order chi connectivity index (χ0) is 16.8. The van der Waals surface area contributed by atoms with E-state index < -0.39 is 12.7 Å². The number of rotatable bonds is 6. The Morgan fingerprint density at radius 1 is 1.41 bits per heavy atom. The number of carbonyl (C=O) groups excluding carboxylic acids is 1. The Balaban J connectivity index is 2.14. The molecule has 1 atom stereocenters. The largest absolute Gasteiger partial charge is 0.401 e. The van der Waals surface area contributed by atoms with Crippen molar-refractivity contribution in [3.8, 4) is 0 Å². The fraction of sp³-hybridized carbons (Fsp3) is 0.929. The van der Waals surface area contributed by atoms with Crippen LogP contribution in [-0.2, 0) is 0 Å². The number of aliphatic hydroxyl groups excluding tert-OH is 1. The molecule has 5 nitrogen and oxygen atoms in total. The van der Waals surface area contributed by atoms with Gasteiger partial charge in [0.25, 0.3) is 0 Å². The quantitative estimate of drug-likeness (QED) is 0.731. The van der Waals surface area contributed by atoms with E-state index in [-0.39, 0.29) is 24.6 Å². The van der Waals surface area contributed by atoms with Crippen molar-refractivity contribution >= 4 is 6.03 Å². The lowest BCUT2D eigenvalue weighted by Crippen LogP contribution is -2.46. The summed E-state index contributed by atoms with van der Waals surface area (Å²) in [6, 6.07) is -0.178. The van der Waals surface area contributed by atoms with Crippen LogP contribution in [0.4, 0.5) is 18.0 Å². The van der Waals surface area contributed by atoms with E-state index in [0.717, 1.165) is 12.8 Å².